The quantitative estimate of drug-likeness (QED) is 0.810. The van der Waals surface area contributed by atoms with Crippen LogP contribution in [0.15, 0.2) is 36.8 Å². The van der Waals surface area contributed by atoms with Gasteiger partial charge in [0.2, 0.25) is 0 Å². The topological polar surface area (TPSA) is 63.8 Å². The minimum atomic E-state index is 0.348. The van der Waals surface area contributed by atoms with Gasteiger partial charge in [-0.2, -0.15) is 0 Å². The molecule has 0 spiro atoms. The summed E-state index contributed by atoms with van der Waals surface area (Å²) in [7, 11) is 0. The number of nitrogens with zero attached hydrogens (tertiary/aromatic N) is 2. The summed E-state index contributed by atoms with van der Waals surface area (Å²) in [6.45, 7) is 1.99. The number of aryl methyl sites for hydroxylation is 1. The molecule has 17 heavy (non-hydrogen) atoms. The lowest BCUT2D eigenvalue weighted by molar-refractivity contribution is 1.24. The first-order valence-electron chi connectivity index (χ1n) is 5.10. The van der Waals surface area contributed by atoms with Gasteiger partial charge in [-0.05, 0) is 30.7 Å². The Labute approximate surface area is 105 Å². The van der Waals surface area contributed by atoms with Crippen molar-refractivity contribution in [3.8, 4) is 0 Å². The van der Waals surface area contributed by atoms with E-state index >= 15 is 0 Å². The first-order valence-corrected chi connectivity index (χ1v) is 5.50. The molecule has 0 radical (unpaired) electrons. The molecular weight excluding hydrogens is 232 g/mol. The molecule has 0 aromatic carbocycles. The highest BCUT2D eigenvalue weighted by molar-refractivity contribution is 7.80. The number of aromatic nitrogens is 2. The first kappa shape index (κ1) is 11.5. The van der Waals surface area contributed by atoms with Crippen LogP contribution >= 0.6 is 12.2 Å². The number of nitrogens with two attached hydrogens (primary N) is 1. The molecule has 0 fully saturated rings. The maximum absolute atomic E-state index is 5.50. The minimum Gasteiger partial charge on any atom is -0.389 e. The van der Waals surface area contributed by atoms with Crippen LogP contribution in [-0.2, 0) is 0 Å². The third-order valence-corrected chi connectivity index (χ3v) is 2.43. The third-order valence-electron chi connectivity index (χ3n) is 2.20. The Balaban J connectivity index is 2.16. The molecule has 86 valence electrons. The summed E-state index contributed by atoms with van der Waals surface area (Å²) in [6.07, 6.45) is 5.19. The normalized spacial score (nSPS) is 9.94. The van der Waals surface area contributed by atoms with Crippen LogP contribution in [0.25, 0.3) is 0 Å². The predicted octanol–water partition coefficient (Wildman–Crippen LogP) is 2.16. The first-order chi connectivity index (χ1) is 8.15. The van der Waals surface area contributed by atoms with E-state index in [1.54, 1.807) is 18.6 Å². The Morgan fingerprint density at radius 3 is 2.71 bits per heavy atom. The van der Waals surface area contributed by atoms with E-state index in [2.05, 4.69) is 15.3 Å². The fourth-order valence-electron chi connectivity index (χ4n) is 1.38. The molecule has 5 heteroatoms. The van der Waals surface area contributed by atoms with Gasteiger partial charge in [0.05, 0.1) is 11.9 Å². The van der Waals surface area contributed by atoms with E-state index in [1.165, 1.54) is 0 Å². The molecule has 0 atom stereocenters. The molecule has 0 aliphatic carbocycles. The van der Waals surface area contributed by atoms with E-state index in [0.717, 1.165) is 22.6 Å². The smallest absolute Gasteiger partial charge is 0.130 e. The molecule has 2 aromatic rings. The molecule has 0 aliphatic rings. The van der Waals surface area contributed by atoms with Crippen molar-refractivity contribution in [2.75, 3.05) is 5.32 Å². The molecule has 0 unspecified atom stereocenters. The minimum absolute atomic E-state index is 0.348. The number of thiocarbonyl (C=S) groups is 1. The number of pyridine rings is 2. The van der Waals surface area contributed by atoms with Crippen LogP contribution in [-0.4, -0.2) is 15.0 Å². The Kier molecular flexibility index (Phi) is 3.30. The average molecular weight is 244 g/mol. The van der Waals surface area contributed by atoms with Crippen molar-refractivity contribution in [1.29, 1.82) is 0 Å². The second-order valence-electron chi connectivity index (χ2n) is 3.67. The van der Waals surface area contributed by atoms with Gasteiger partial charge in [-0.3, -0.25) is 4.98 Å². The van der Waals surface area contributed by atoms with Crippen LogP contribution in [0.4, 0.5) is 11.5 Å². The van der Waals surface area contributed by atoms with E-state index in [1.807, 2.05) is 25.1 Å². The lowest BCUT2D eigenvalue weighted by atomic mass is 10.2. The Hall–Kier alpha value is -2.01. The molecule has 0 aliphatic heterocycles. The molecule has 2 aromatic heterocycles. The Bertz CT molecular complexity index is 536. The summed E-state index contributed by atoms with van der Waals surface area (Å²) in [5, 5.41) is 3.15. The van der Waals surface area contributed by atoms with Crippen LogP contribution in [0.1, 0.15) is 11.1 Å². The van der Waals surface area contributed by atoms with E-state index < -0.39 is 0 Å². The molecule has 0 amide bonds. The summed E-state index contributed by atoms with van der Waals surface area (Å²) in [5.41, 5.74) is 8.25. The lowest BCUT2D eigenvalue weighted by Crippen LogP contribution is -2.09. The van der Waals surface area contributed by atoms with Gasteiger partial charge in [-0.1, -0.05) is 12.2 Å². The van der Waals surface area contributed by atoms with Crippen molar-refractivity contribution in [2.24, 2.45) is 5.73 Å². The van der Waals surface area contributed by atoms with Crippen LogP contribution in [0.5, 0.6) is 0 Å². The van der Waals surface area contributed by atoms with Crippen molar-refractivity contribution in [3.63, 3.8) is 0 Å². The molecule has 2 heterocycles. The van der Waals surface area contributed by atoms with E-state index in [-0.39, 0.29) is 0 Å². The highest BCUT2D eigenvalue weighted by Crippen LogP contribution is 2.14. The number of hydrogen-bond donors (Lipinski definition) is 2. The highest BCUT2D eigenvalue weighted by Gasteiger charge is 1.99. The van der Waals surface area contributed by atoms with Crippen molar-refractivity contribution >= 4 is 28.7 Å². The number of hydrogen-bond acceptors (Lipinski definition) is 4. The van der Waals surface area contributed by atoms with Gasteiger partial charge in [0.1, 0.15) is 10.8 Å². The fourth-order valence-corrected chi connectivity index (χ4v) is 1.51. The maximum atomic E-state index is 5.50. The average Bonchev–Trinajstić information content (AvgIpc) is 2.29. The van der Waals surface area contributed by atoms with Crippen molar-refractivity contribution < 1.29 is 0 Å². The van der Waals surface area contributed by atoms with Gasteiger partial charge in [0.25, 0.3) is 0 Å². The van der Waals surface area contributed by atoms with Crippen LogP contribution < -0.4 is 11.1 Å². The van der Waals surface area contributed by atoms with Gasteiger partial charge in [0, 0.05) is 18.0 Å². The van der Waals surface area contributed by atoms with E-state index in [4.69, 9.17) is 18.0 Å². The zero-order valence-corrected chi connectivity index (χ0v) is 10.2. The van der Waals surface area contributed by atoms with Crippen LogP contribution in [0.2, 0.25) is 0 Å². The predicted molar refractivity (Wildman–Crippen MR) is 72.4 cm³/mol. The van der Waals surface area contributed by atoms with Gasteiger partial charge in [-0.25, -0.2) is 4.98 Å². The Morgan fingerprint density at radius 1 is 1.29 bits per heavy atom. The molecular formula is C12H12N4S. The molecule has 3 N–H and O–H groups in total. The molecule has 2 rings (SSSR count). The molecule has 0 saturated heterocycles. The van der Waals surface area contributed by atoms with Crippen LogP contribution in [0, 0.1) is 6.92 Å². The Morgan fingerprint density at radius 2 is 2.12 bits per heavy atom. The monoisotopic (exact) mass is 244 g/mol. The number of rotatable bonds is 3. The summed E-state index contributed by atoms with van der Waals surface area (Å²) in [4.78, 5) is 8.66. The second kappa shape index (κ2) is 4.88. The molecule has 4 nitrogen and oxygen atoms in total. The second-order valence-corrected chi connectivity index (χ2v) is 4.11. The van der Waals surface area contributed by atoms with Gasteiger partial charge in [0.15, 0.2) is 0 Å². The maximum Gasteiger partial charge on any atom is 0.130 e. The van der Waals surface area contributed by atoms with Gasteiger partial charge in [-0.15, -0.1) is 0 Å². The largest absolute Gasteiger partial charge is 0.389 e. The van der Waals surface area contributed by atoms with Crippen molar-refractivity contribution in [2.45, 2.75) is 6.92 Å². The van der Waals surface area contributed by atoms with Gasteiger partial charge >= 0.3 is 0 Å². The van der Waals surface area contributed by atoms with Crippen LogP contribution in [0.3, 0.4) is 0 Å². The molecule has 0 saturated carbocycles. The summed E-state index contributed by atoms with van der Waals surface area (Å²) >= 11 is 4.86. The standard InChI is InChI=1S/C12H12N4S/c1-8-4-10(7-14-5-8)16-11-3-2-9(6-15-11)12(13)17/h2-7H,1H3,(H2,13,17)(H,15,16). The SMILES string of the molecule is Cc1cncc(Nc2ccc(C(N)=S)cn2)c1. The van der Waals surface area contributed by atoms with E-state index in [9.17, 15) is 0 Å². The molecule has 0 bridgehead atoms. The van der Waals surface area contributed by atoms with E-state index in [0.29, 0.717) is 4.99 Å². The summed E-state index contributed by atoms with van der Waals surface area (Å²) < 4.78 is 0. The van der Waals surface area contributed by atoms with Crippen molar-refractivity contribution in [3.05, 3.63) is 47.9 Å². The number of anilines is 2. The lowest BCUT2D eigenvalue weighted by Gasteiger charge is -2.06. The summed E-state index contributed by atoms with van der Waals surface area (Å²) in [5.74, 6) is 0.734. The fraction of sp³-hybridized carbons (Fsp3) is 0.0833. The zero-order chi connectivity index (χ0) is 12.3. The van der Waals surface area contributed by atoms with Crippen molar-refractivity contribution in [1.82, 2.24) is 9.97 Å². The van der Waals surface area contributed by atoms with Gasteiger partial charge < -0.3 is 11.1 Å². The highest BCUT2D eigenvalue weighted by atomic mass is 32.1. The number of nitrogens with one attached hydrogen (secondary N) is 1. The summed E-state index contributed by atoms with van der Waals surface area (Å²) in [6, 6.07) is 5.66. The third kappa shape index (κ3) is 2.98. The zero-order valence-electron chi connectivity index (χ0n) is 9.34.